The summed E-state index contributed by atoms with van der Waals surface area (Å²) in [5, 5.41) is 9.12. The number of piperidine rings is 1. The first-order valence-corrected chi connectivity index (χ1v) is 7.54. The molecule has 1 N–H and O–H groups in total. The predicted molar refractivity (Wildman–Crippen MR) is 74.8 cm³/mol. The molecule has 0 saturated carbocycles. The second kappa shape index (κ2) is 7.51. The molecule has 1 heterocycles. The summed E-state index contributed by atoms with van der Waals surface area (Å²) < 4.78 is 0. The lowest BCUT2D eigenvalue weighted by molar-refractivity contribution is -0.148. The molecule has 0 aromatic heterocycles. The summed E-state index contributed by atoms with van der Waals surface area (Å²) in [5.74, 6) is -0.931. The van der Waals surface area contributed by atoms with Crippen molar-refractivity contribution >= 4 is 11.9 Å². The van der Waals surface area contributed by atoms with Gasteiger partial charge in [0.1, 0.15) is 0 Å². The minimum absolute atomic E-state index is 0.0648. The number of likely N-dealkylation sites (tertiary alicyclic amines) is 1. The molecule has 1 aliphatic heterocycles. The second-order valence-electron chi connectivity index (χ2n) is 5.70. The highest BCUT2D eigenvalue weighted by Crippen LogP contribution is 2.26. The second-order valence-corrected chi connectivity index (χ2v) is 5.70. The minimum atomic E-state index is -0.772. The van der Waals surface area contributed by atoms with Gasteiger partial charge in [-0.1, -0.05) is 26.7 Å². The molecule has 3 atom stereocenters. The van der Waals surface area contributed by atoms with E-state index in [2.05, 4.69) is 6.92 Å². The van der Waals surface area contributed by atoms with Crippen molar-refractivity contribution in [3.8, 4) is 0 Å². The summed E-state index contributed by atoms with van der Waals surface area (Å²) in [7, 11) is 0. The summed E-state index contributed by atoms with van der Waals surface area (Å²) in [5.41, 5.74) is 0. The molecule has 1 rings (SSSR count). The first-order valence-electron chi connectivity index (χ1n) is 7.54. The molecular formula is C15H27NO3. The first-order chi connectivity index (χ1) is 9.01. The van der Waals surface area contributed by atoms with Gasteiger partial charge < -0.3 is 10.0 Å². The van der Waals surface area contributed by atoms with E-state index in [-0.39, 0.29) is 23.8 Å². The number of rotatable bonds is 6. The third-order valence-corrected chi connectivity index (χ3v) is 4.26. The van der Waals surface area contributed by atoms with Gasteiger partial charge in [-0.05, 0) is 32.6 Å². The molecule has 0 aromatic carbocycles. The Kier molecular flexibility index (Phi) is 6.32. The molecule has 0 aliphatic carbocycles. The van der Waals surface area contributed by atoms with E-state index in [9.17, 15) is 9.59 Å². The van der Waals surface area contributed by atoms with Crippen LogP contribution in [0.5, 0.6) is 0 Å². The van der Waals surface area contributed by atoms with Crippen molar-refractivity contribution in [3.63, 3.8) is 0 Å². The fourth-order valence-electron chi connectivity index (χ4n) is 2.80. The molecule has 0 spiro atoms. The van der Waals surface area contributed by atoms with Gasteiger partial charge in [0.15, 0.2) is 0 Å². The average molecular weight is 269 g/mol. The fraction of sp³-hybridized carbons (Fsp3) is 0.867. The third kappa shape index (κ3) is 4.22. The smallest absolute Gasteiger partial charge is 0.308 e. The monoisotopic (exact) mass is 269 g/mol. The molecular weight excluding hydrogens is 242 g/mol. The van der Waals surface area contributed by atoms with Crippen molar-refractivity contribution in [1.29, 1.82) is 0 Å². The summed E-state index contributed by atoms with van der Waals surface area (Å²) in [6.07, 6.45) is 5.41. The maximum absolute atomic E-state index is 12.5. The molecule has 1 aliphatic rings. The van der Waals surface area contributed by atoms with Crippen LogP contribution in [0.15, 0.2) is 0 Å². The Hall–Kier alpha value is -1.06. The van der Waals surface area contributed by atoms with Gasteiger partial charge in [-0.2, -0.15) is 0 Å². The number of amides is 1. The van der Waals surface area contributed by atoms with Gasteiger partial charge in [0.2, 0.25) is 5.91 Å². The third-order valence-electron chi connectivity index (χ3n) is 4.26. The Balaban J connectivity index is 2.68. The first kappa shape index (κ1) is 16.0. The number of carbonyl (C=O) groups excluding carboxylic acids is 1. The van der Waals surface area contributed by atoms with E-state index in [0.717, 1.165) is 32.1 Å². The maximum atomic E-state index is 12.5. The van der Waals surface area contributed by atoms with E-state index in [1.165, 1.54) is 0 Å². The quantitative estimate of drug-likeness (QED) is 0.806. The topological polar surface area (TPSA) is 57.6 Å². The summed E-state index contributed by atoms with van der Waals surface area (Å²) >= 11 is 0. The van der Waals surface area contributed by atoms with E-state index >= 15 is 0 Å². The van der Waals surface area contributed by atoms with E-state index in [1.807, 2.05) is 18.7 Å². The van der Waals surface area contributed by atoms with Crippen molar-refractivity contribution < 1.29 is 14.7 Å². The van der Waals surface area contributed by atoms with Crippen LogP contribution in [0, 0.1) is 11.8 Å². The largest absolute Gasteiger partial charge is 0.481 e. The zero-order valence-corrected chi connectivity index (χ0v) is 12.4. The number of unbranched alkanes of at least 4 members (excludes halogenated alkanes) is 1. The van der Waals surface area contributed by atoms with Gasteiger partial charge in [0, 0.05) is 18.5 Å². The lowest BCUT2D eigenvalue weighted by Gasteiger charge is -2.38. The van der Waals surface area contributed by atoms with E-state index < -0.39 is 5.97 Å². The van der Waals surface area contributed by atoms with Crippen LogP contribution in [0.3, 0.4) is 0 Å². The molecule has 1 amide bonds. The Bertz CT molecular complexity index is 317. The molecule has 3 unspecified atom stereocenters. The van der Waals surface area contributed by atoms with Gasteiger partial charge >= 0.3 is 5.97 Å². The summed E-state index contributed by atoms with van der Waals surface area (Å²) in [6, 6.07) is 0.179. The zero-order chi connectivity index (χ0) is 14.4. The molecule has 4 nitrogen and oxygen atoms in total. The highest BCUT2D eigenvalue weighted by atomic mass is 16.4. The highest BCUT2D eigenvalue weighted by Gasteiger charge is 2.34. The van der Waals surface area contributed by atoms with Crippen LogP contribution in [-0.4, -0.2) is 34.5 Å². The van der Waals surface area contributed by atoms with Gasteiger partial charge in [0.25, 0.3) is 0 Å². The minimum Gasteiger partial charge on any atom is -0.481 e. The lowest BCUT2D eigenvalue weighted by atomic mass is 9.90. The normalized spacial score (nSPS) is 25.1. The summed E-state index contributed by atoms with van der Waals surface area (Å²) in [4.78, 5) is 25.5. The fourth-order valence-corrected chi connectivity index (χ4v) is 2.80. The molecule has 0 bridgehead atoms. The number of hydrogen-bond donors (Lipinski definition) is 1. The van der Waals surface area contributed by atoms with Crippen molar-refractivity contribution in [1.82, 2.24) is 4.90 Å². The van der Waals surface area contributed by atoms with Crippen molar-refractivity contribution in [3.05, 3.63) is 0 Å². The maximum Gasteiger partial charge on any atom is 0.308 e. The van der Waals surface area contributed by atoms with Crippen LogP contribution in [0.4, 0.5) is 0 Å². The Labute approximate surface area is 116 Å². The van der Waals surface area contributed by atoms with Crippen LogP contribution in [0.25, 0.3) is 0 Å². The Morgan fingerprint density at radius 3 is 2.53 bits per heavy atom. The van der Waals surface area contributed by atoms with Crippen LogP contribution >= 0.6 is 0 Å². The van der Waals surface area contributed by atoms with Crippen LogP contribution in [-0.2, 0) is 9.59 Å². The van der Waals surface area contributed by atoms with E-state index in [0.29, 0.717) is 13.0 Å². The highest BCUT2D eigenvalue weighted by molar-refractivity contribution is 5.80. The number of carboxylic acids is 1. The molecule has 1 fully saturated rings. The lowest BCUT2D eigenvalue weighted by Crippen LogP contribution is -2.49. The van der Waals surface area contributed by atoms with E-state index in [1.54, 1.807) is 0 Å². The van der Waals surface area contributed by atoms with Crippen molar-refractivity contribution in [2.24, 2.45) is 11.8 Å². The van der Waals surface area contributed by atoms with Gasteiger partial charge in [-0.3, -0.25) is 9.59 Å². The molecule has 0 aromatic rings. The predicted octanol–water partition coefficient (Wildman–Crippen LogP) is 2.91. The molecule has 4 heteroatoms. The molecule has 0 radical (unpaired) electrons. The summed E-state index contributed by atoms with van der Waals surface area (Å²) in [6.45, 7) is 6.59. The van der Waals surface area contributed by atoms with Crippen LogP contribution in [0.2, 0.25) is 0 Å². The number of aliphatic carboxylic acids is 1. The number of carbonyl (C=O) groups is 2. The molecule has 1 saturated heterocycles. The Morgan fingerprint density at radius 2 is 2.00 bits per heavy atom. The van der Waals surface area contributed by atoms with Crippen molar-refractivity contribution in [2.75, 3.05) is 6.54 Å². The average Bonchev–Trinajstić information content (AvgIpc) is 2.39. The SMILES string of the molecule is CCCCC(CC)C(=O)N1CC(C(=O)O)CCC1C. The number of nitrogens with zero attached hydrogens (tertiary/aromatic N) is 1. The van der Waals surface area contributed by atoms with Crippen molar-refractivity contribution in [2.45, 2.75) is 65.3 Å². The van der Waals surface area contributed by atoms with Gasteiger partial charge in [-0.25, -0.2) is 0 Å². The van der Waals surface area contributed by atoms with Crippen LogP contribution < -0.4 is 0 Å². The van der Waals surface area contributed by atoms with Gasteiger partial charge in [-0.15, -0.1) is 0 Å². The molecule has 19 heavy (non-hydrogen) atoms. The van der Waals surface area contributed by atoms with Crippen LogP contribution in [0.1, 0.15) is 59.3 Å². The van der Waals surface area contributed by atoms with E-state index in [4.69, 9.17) is 5.11 Å². The number of hydrogen-bond acceptors (Lipinski definition) is 2. The number of carboxylic acid groups (broad SMARTS) is 1. The molecule has 110 valence electrons. The van der Waals surface area contributed by atoms with Gasteiger partial charge in [0.05, 0.1) is 5.92 Å². The Morgan fingerprint density at radius 1 is 1.32 bits per heavy atom. The standard InChI is InChI=1S/C15H27NO3/c1-4-6-7-12(5-2)14(17)16-10-13(15(18)19)9-8-11(16)3/h11-13H,4-10H2,1-3H3,(H,18,19). The zero-order valence-electron chi connectivity index (χ0n) is 12.4.